The van der Waals surface area contributed by atoms with Crippen molar-refractivity contribution in [1.82, 2.24) is 0 Å². The average Bonchev–Trinajstić information content (AvgIpc) is 2.37. The molecule has 0 aliphatic heterocycles. The molecule has 0 aromatic rings. The third-order valence-electron chi connectivity index (χ3n) is 3.91. The van der Waals surface area contributed by atoms with Gasteiger partial charge in [0.15, 0.2) is 5.78 Å². The Morgan fingerprint density at radius 2 is 1.92 bits per heavy atom. The molecule has 2 aliphatic carbocycles. The Bertz CT molecular complexity index is 240. The van der Waals surface area contributed by atoms with Crippen molar-refractivity contribution >= 4 is 5.78 Å². The predicted molar refractivity (Wildman–Crippen MR) is 45.6 cm³/mol. The molecular weight excluding hydrogens is 152 g/mol. The number of fused-ring (bicyclic) bond motifs is 1. The van der Waals surface area contributed by atoms with E-state index in [0.29, 0.717) is 30.1 Å². The van der Waals surface area contributed by atoms with Crippen molar-refractivity contribution in [3.63, 3.8) is 0 Å². The summed E-state index contributed by atoms with van der Waals surface area (Å²) < 4.78 is 0. The predicted octanol–water partition coefficient (Wildman–Crippen LogP) is 1.37. The zero-order valence-electron chi connectivity index (χ0n) is 7.92. The van der Waals surface area contributed by atoms with Gasteiger partial charge in [0, 0.05) is 6.42 Å². The molecule has 0 radical (unpaired) electrons. The van der Waals surface area contributed by atoms with Crippen LogP contribution in [0.2, 0.25) is 0 Å². The van der Waals surface area contributed by atoms with Gasteiger partial charge in [0.2, 0.25) is 0 Å². The minimum Gasteiger partial charge on any atom is -0.382 e. The number of aliphatic hydroxyl groups is 1. The van der Waals surface area contributed by atoms with Gasteiger partial charge >= 0.3 is 0 Å². The first-order chi connectivity index (χ1) is 5.36. The van der Waals surface area contributed by atoms with Crippen molar-refractivity contribution in [2.45, 2.75) is 39.2 Å². The lowest BCUT2D eigenvalue weighted by molar-refractivity contribution is -0.139. The summed E-state index contributed by atoms with van der Waals surface area (Å²) in [5.41, 5.74) is -0.731. The summed E-state index contributed by atoms with van der Waals surface area (Å²) in [5, 5.41) is 9.72. The standard InChI is InChI=1S/C10H16O2/c1-9(2)6-4-8(11)10(3,12)5-7(6)9/h6-7,12H,4-5H2,1-3H3. The molecule has 2 nitrogen and oxygen atoms in total. The van der Waals surface area contributed by atoms with Crippen molar-refractivity contribution in [1.29, 1.82) is 0 Å². The Hall–Kier alpha value is -0.370. The third-order valence-corrected chi connectivity index (χ3v) is 3.91. The van der Waals surface area contributed by atoms with Gasteiger partial charge in [-0.05, 0) is 30.6 Å². The van der Waals surface area contributed by atoms with Gasteiger partial charge in [0.05, 0.1) is 0 Å². The molecule has 0 aromatic carbocycles. The normalized spacial score (nSPS) is 50.2. The van der Waals surface area contributed by atoms with Gasteiger partial charge in [-0.1, -0.05) is 13.8 Å². The summed E-state index contributed by atoms with van der Waals surface area (Å²) in [6.45, 7) is 6.04. The molecule has 68 valence electrons. The van der Waals surface area contributed by atoms with Crippen molar-refractivity contribution in [3.05, 3.63) is 0 Å². The Morgan fingerprint density at radius 3 is 2.42 bits per heavy atom. The molecule has 2 fully saturated rings. The summed E-state index contributed by atoms with van der Waals surface area (Å²) in [6, 6.07) is 0. The smallest absolute Gasteiger partial charge is 0.164 e. The van der Waals surface area contributed by atoms with Gasteiger partial charge in [-0.2, -0.15) is 0 Å². The summed E-state index contributed by atoms with van der Waals surface area (Å²) in [6.07, 6.45) is 1.26. The van der Waals surface area contributed by atoms with E-state index in [1.165, 1.54) is 0 Å². The van der Waals surface area contributed by atoms with Crippen LogP contribution in [0.1, 0.15) is 33.6 Å². The topological polar surface area (TPSA) is 37.3 Å². The van der Waals surface area contributed by atoms with E-state index in [0.717, 1.165) is 0 Å². The highest BCUT2D eigenvalue weighted by Gasteiger charge is 2.63. The first-order valence-corrected chi connectivity index (χ1v) is 4.61. The molecule has 0 heterocycles. The molecule has 0 bridgehead atoms. The summed E-state index contributed by atoms with van der Waals surface area (Å²) >= 11 is 0. The second kappa shape index (κ2) is 1.92. The van der Waals surface area contributed by atoms with E-state index < -0.39 is 5.60 Å². The maximum Gasteiger partial charge on any atom is 0.164 e. The first kappa shape index (κ1) is 8.24. The molecule has 0 aromatic heterocycles. The second-order valence-electron chi connectivity index (χ2n) is 5.14. The van der Waals surface area contributed by atoms with Gasteiger partial charge in [-0.25, -0.2) is 0 Å². The summed E-state index contributed by atoms with van der Waals surface area (Å²) in [4.78, 5) is 11.4. The third kappa shape index (κ3) is 0.875. The number of carbonyl (C=O) groups excluding carboxylic acids is 1. The second-order valence-corrected chi connectivity index (χ2v) is 5.14. The molecule has 3 unspecified atom stereocenters. The molecule has 2 saturated carbocycles. The minimum absolute atomic E-state index is 0.0364. The molecule has 3 atom stereocenters. The van der Waals surface area contributed by atoms with Crippen LogP contribution in [0, 0.1) is 17.3 Å². The molecule has 12 heavy (non-hydrogen) atoms. The van der Waals surface area contributed by atoms with Crippen LogP contribution < -0.4 is 0 Å². The molecular formula is C10H16O2. The lowest BCUT2D eigenvalue weighted by Gasteiger charge is -2.25. The Morgan fingerprint density at radius 1 is 1.33 bits per heavy atom. The maximum atomic E-state index is 11.4. The number of rotatable bonds is 0. The van der Waals surface area contributed by atoms with Crippen molar-refractivity contribution in [3.8, 4) is 0 Å². The van der Waals surface area contributed by atoms with Crippen molar-refractivity contribution in [2.75, 3.05) is 0 Å². The zero-order valence-corrected chi connectivity index (χ0v) is 7.92. The van der Waals surface area contributed by atoms with E-state index >= 15 is 0 Å². The van der Waals surface area contributed by atoms with Crippen molar-refractivity contribution in [2.24, 2.45) is 17.3 Å². The monoisotopic (exact) mass is 168 g/mol. The van der Waals surface area contributed by atoms with Crippen LogP contribution in [0.4, 0.5) is 0 Å². The first-order valence-electron chi connectivity index (χ1n) is 4.61. The van der Waals surface area contributed by atoms with Crippen LogP contribution in [0.15, 0.2) is 0 Å². The minimum atomic E-state index is -1.03. The van der Waals surface area contributed by atoms with Gasteiger partial charge in [0.1, 0.15) is 5.60 Å². The lowest BCUT2D eigenvalue weighted by atomic mass is 9.85. The highest BCUT2D eigenvalue weighted by atomic mass is 16.3. The Labute approximate surface area is 73.0 Å². The quantitative estimate of drug-likeness (QED) is 0.593. The molecule has 2 aliphatic rings. The molecule has 0 spiro atoms. The largest absolute Gasteiger partial charge is 0.382 e. The lowest BCUT2D eigenvalue weighted by Crippen LogP contribution is -2.38. The highest BCUT2D eigenvalue weighted by molar-refractivity contribution is 5.88. The molecule has 2 heteroatoms. The van der Waals surface area contributed by atoms with E-state index in [4.69, 9.17) is 0 Å². The number of hydrogen-bond donors (Lipinski definition) is 1. The van der Waals surface area contributed by atoms with Crippen LogP contribution in [0.3, 0.4) is 0 Å². The van der Waals surface area contributed by atoms with E-state index in [9.17, 15) is 9.90 Å². The highest BCUT2D eigenvalue weighted by Crippen LogP contribution is 2.65. The maximum absolute atomic E-state index is 11.4. The fourth-order valence-corrected chi connectivity index (χ4v) is 2.63. The van der Waals surface area contributed by atoms with E-state index in [-0.39, 0.29) is 5.78 Å². The zero-order chi connectivity index (χ0) is 9.15. The number of Topliss-reactive ketones (excluding diaryl/α,β-unsaturated/α-hetero) is 1. The molecule has 0 saturated heterocycles. The molecule has 2 rings (SSSR count). The Kier molecular flexibility index (Phi) is 1.32. The van der Waals surface area contributed by atoms with Gasteiger partial charge < -0.3 is 5.11 Å². The SMILES string of the molecule is CC1(O)CC2C(CC1=O)C2(C)C. The van der Waals surface area contributed by atoms with Crippen LogP contribution in [-0.2, 0) is 4.79 Å². The molecule has 0 amide bonds. The summed E-state index contributed by atoms with van der Waals surface area (Å²) in [5.74, 6) is 1.16. The number of carbonyl (C=O) groups is 1. The number of hydrogen-bond acceptors (Lipinski definition) is 2. The van der Waals surface area contributed by atoms with Crippen LogP contribution in [0.25, 0.3) is 0 Å². The molecule has 1 N–H and O–H groups in total. The van der Waals surface area contributed by atoms with Crippen LogP contribution in [0.5, 0.6) is 0 Å². The average molecular weight is 168 g/mol. The van der Waals surface area contributed by atoms with E-state index in [1.54, 1.807) is 6.92 Å². The van der Waals surface area contributed by atoms with Gasteiger partial charge in [-0.3, -0.25) is 4.79 Å². The summed E-state index contributed by atoms with van der Waals surface area (Å²) in [7, 11) is 0. The number of ketones is 1. The fraction of sp³-hybridized carbons (Fsp3) is 0.900. The fourth-order valence-electron chi connectivity index (χ4n) is 2.63. The van der Waals surface area contributed by atoms with Crippen LogP contribution >= 0.6 is 0 Å². The van der Waals surface area contributed by atoms with Crippen LogP contribution in [-0.4, -0.2) is 16.5 Å². The van der Waals surface area contributed by atoms with Gasteiger partial charge in [-0.15, -0.1) is 0 Å². The van der Waals surface area contributed by atoms with E-state index in [2.05, 4.69) is 13.8 Å². The Balaban J connectivity index is 2.19. The van der Waals surface area contributed by atoms with Gasteiger partial charge in [0.25, 0.3) is 0 Å². The van der Waals surface area contributed by atoms with E-state index in [1.807, 2.05) is 0 Å². The van der Waals surface area contributed by atoms with Crippen molar-refractivity contribution < 1.29 is 9.90 Å².